The highest BCUT2D eigenvalue weighted by Crippen LogP contribution is 2.40. The first-order valence-electron chi connectivity index (χ1n) is 9.02. The molecule has 1 aromatic heterocycles. The van der Waals surface area contributed by atoms with Gasteiger partial charge in [-0.25, -0.2) is 4.98 Å². The van der Waals surface area contributed by atoms with Crippen molar-refractivity contribution in [3.8, 4) is 17.6 Å². The van der Waals surface area contributed by atoms with Gasteiger partial charge in [-0.3, -0.25) is 14.4 Å². The first-order chi connectivity index (χ1) is 13.9. The molecule has 1 N–H and O–H groups in total. The zero-order chi connectivity index (χ0) is 21.0. The number of amides is 1. The van der Waals surface area contributed by atoms with Crippen molar-refractivity contribution in [1.29, 1.82) is 0 Å². The number of carbonyl (C=O) groups excluding carboxylic acids is 3. The van der Waals surface area contributed by atoms with Crippen molar-refractivity contribution in [3.05, 3.63) is 52.7 Å². The first-order valence-corrected chi connectivity index (χ1v) is 9.40. The predicted octanol–water partition coefficient (Wildman–Crippen LogP) is 3.39. The summed E-state index contributed by atoms with van der Waals surface area (Å²) < 4.78 is 5.37. The van der Waals surface area contributed by atoms with E-state index >= 15 is 0 Å². The van der Waals surface area contributed by atoms with Crippen LogP contribution in [0.3, 0.4) is 0 Å². The lowest BCUT2D eigenvalue weighted by Gasteiger charge is -2.27. The summed E-state index contributed by atoms with van der Waals surface area (Å²) in [5.41, 5.74) is 0.954. The maximum absolute atomic E-state index is 12.8. The molecule has 1 fully saturated rings. The van der Waals surface area contributed by atoms with Crippen LogP contribution in [0.25, 0.3) is 0 Å². The van der Waals surface area contributed by atoms with Gasteiger partial charge >= 0.3 is 0 Å². The number of carbonyl (C=O) groups is 3. The van der Waals surface area contributed by atoms with Crippen LogP contribution < -0.4 is 10.1 Å². The lowest BCUT2D eigenvalue weighted by atomic mass is 9.76. The zero-order valence-corrected chi connectivity index (χ0v) is 16.7. The molecule has 0 aliphatic heterocycles. The average Bonchev–Trinajstić information content (AvgIpc) is 2.69. The Morgan fingerprint density at radius 1 is 1.24 bits per heavy atom. The third-order valence-corrected chi connectivity index (χ3v) is 5.01. The molecule has 0 bridgehead atoms. The van der Waals surface area contributed by atoms with Crippen LogP contribution in [-0.4, -0.2) is 29.6 Å². The van der Waals surface area contributed by atoms with Crippen LogP contribution in [0.15, 0.2) is 36.5 Å². The minimum atomic E-state index is -1.06. The van der Waals surface area contributed by atoms with Gasteiger partial charge in [-0.15, -0.1) is 5.92 Å². The van der Waals surface area contributed by atoms with Crippen molar-refractivity contribution in [2.24, 2.45) is 5.92 Å². The number of rotatable bonds is 4. The van der Waals surface area contributed by atoms with Crippen molar-refractivity contribution in [1.82, 2.24) is 4.98 Å². The van der Waals surface area contributed by atoms with Crippen LogP contribution in [0.4, 0.5) is 5.82 Å². The molecule has 0 atom stereocenters. The number of aromatic nitrogens is 1. The molecule has 7 heteroatoms. The van der Waals surface area contributed by atoms with Crippen LogP contribution in [0.2, 0.25) is 5.02 Å². The van der Waals surface area contributed by atoms with Crippen molar-refractivity contribution in [2.75, 3.05) is 12.4 Å². The Labute approximate surface area is 173 Å². The molecule has 6 nitrogen and oxygen atoms in total. The van der Waals surface area contributed by atoms with Crippen molar-refractivity contribution in [2.45, 2.75) is 25.7 Å². The summed E-state index contributed by atoms with van der Waals surface area (Å²) in [5.74, 6) is 3.41. The molecule has 1 saturated carbocycles. The third-order valence-electron chi connectivity index (χ3n) is 4.70. The Kier molecular flexibility index (Phi) is 6.30. The summed E-state index contributed by atoms with van der Waals surface area (Å²) in [5, 5.41) is 2.88. The van der Waals surface area contributed by atoms with Gasteiger partial charge in [-0.2, -0.15) is 0 Å². The monoisotopic (exact) mass is 410 g/mol. The van der Waals surface area contributed by atoms with Crippen molar-refractivity contribution >= 4 is 34.9 Å². The molecule has 1 aliphatic carbocycles. The van der Waals surface area contributed by atoms with E-state index < -0.39 is 17.7 Å². The minimum Gasteiger partial charge on any atom is -0.496 e. The Morgan fingerprint density at radius 3 is 2.55 bits per heavy atom. The van der Waals surface area contributed by atoms with E-state index in [-0.39, 0.29) is 29.4 Å². The van der Waals surface area contributed by atoms with E-state index in [0.29, 0.717) is 22.7 Å². The molecule has 1 aliphatic rings. The number of pyridine rings is 1. The number of halogens is 1. The molecule has 0 spiro atoms. The SMILES string of the molecule is CC#Cc1cc(Cl)c(C2C(=O)CC(C(=O)Nc3ccccn3)CC2=O)c(OC)c1. The summed E-state index contributed by atoms with van der Waals surface area (Å²) in [6.45, 7) is 1.69. The second-order valence-corrected chi connectivity index (χ2v) is 7.03. The first kappa shape index (κ1) is 20.6. The van der Waals surface area contributed by atoms with Gasteiger partial charge < -0.3 is 10.1 Å². The largest absolute Gasteiger partial charge is 0.496 e. The zero-order valence-electron chi connectivity index (χ0n) is 16.0. The number of nitrogens with zero attached hydrogens (tertiary/aromatic N) is 1. The second kappa shape index (κ2) is 8.89. The summed E-state index contributed by atoms with van der Waals surface area (Å²) in [4.78, 5) is 42.2. The van der Waals surface area contributed by atoms with Gasteiger partial charge in [-0.1, -0.05) is 23.6 Å². The number of ketones is 2. The van der Waals surface area contributed by atoms with Gasteiger partial charge in [0.25, 0.3) is 0 Å². The molecule has 0 radical (unpaired) electrons. The molecule has 0 saturated heterocycles. The van der Waals surface area contributed by atoms with Crippen LogP contribution in [-0.2, 0) is 14.4 Å². The number of Topliss-reactive ketones (excluding diaryl/α,β-unsaturated/α-hetero) is 2. The highest BCUT2D eigenvalue weighted by molar-refractivity contribution is 6.33. The van der Waals surface area contributed by atoms with Gasteiger partial charge in [0, 0.05) is 35.2 Å². The van der Waals surface area contributed by atoms with E-state index in [1.807, 2.05) is 0 Å². The Hall–Kier alpha value is -3.17. The van der Waals surface area contributed by atoms with Crippen molar-refractivity contribution < 1.29 is 19.1 Å². The minimum absolute atomic E-state index is 0.0644. The fourth-order valence-corrected chi connectivity index (χ4v) is 3.72. The van der Waals surface area contributed by atoms with Crippen molar-refractivity contribution in [3.63, 3.8) is 0 Å². The number of benzene rings is 1. The van der Waals surface area contributed by atoms with Crippen LogP contribution in [0.1, 0.15) is 36.8 Å². The normalized spacial score (nSPS) is 18.6. The Bertz CT molecular complexity index is 1010. The fourth-order valence-electron chi connectivity index (χ4n) is 3.40. The summed E-state index contributed by atoms with van der Waals surface area (Å²) in [6, 6.07) is 8.35. The van der Waals surface area contributed by atoms with Gasteiger partial charge in [0.1, 0.15) is 29.1 Å². The quantitative estimate of drug-likeness (QED) is 0.616. The number of nitrogens with one attached hydrogen (secondary N) is 1. The number of hydrogen-bond donors (Lipinski definition) is 1. The van der Waals surface area contributed by atoms with E-state index in [1.54, 1.807) is 43.5 Å². The molecule has 148 valence electrons. The molecular weight excluding hydrogens is 392 g/mol. The maximum atomic E-state index is 12.8. The second-order valence-electron chi connectivity index (χ2n) is 6.62. The summed E-state index contributed by atoms with van der Waals surface area (Å²) in [7, 11) is 1.44. The molecule has 0 unspecified atom stereocenters. The molecular formula is C22H19ClN2O4. The van der Waals surface area contributed by atoms with E-state index in [0.717, 1.165) is 0 Å². The highest BCUT2D eigenvalue weighted by atomic mass is 35.5. The number of methoxy groups -OCH3 is 1. The van der Waals surface area contributed by atoms with E-state index in [9.17, 15) is 14.4 Å². The Balaban J connectivity index is 1.84. The predicted molar refractivity (Wildman–Crippen MR) is 109 cm³/mol. The molecule has 29 heavy (non-hydrogen) atoms. The Morgan fingerprint density at radius 2 is 1.97 bits per heavy atom. The van der Waals surface area contributed by atoms with Crippen LogP contribution in [0, 0.1) is 17.8 Å². The van der Waals surface area contributed by atoms with Crippen LogP contribution >= 0.6 is 11.6 Å². The van der Waals surface area contributed by atoms with E-state index in [1.165, 1.54) is 7.11 Å². The van der Waals surface area contributed by atoms with E-state index in [2.05, 4.69) is 22.1 Å². The highest BCUT2D eigenvalue weighted by Gasteiger charge is 2.41. The van der Waals surface area contributed by atoms with Crippen LogP contribution in [0.5, 0.6) is 5.75 Å². The van der Waals surface area contributed by atoms with Gasteiger partial charge in [0.05, 0.1) is 13.0 Å². The standard InChI is InChI=1S/C22H19ClN2O4/c1-3-6-13-9-15(23)20(18(10-13)29-2)21-16(26)11-14(12-17(21)27)22(28)25-19-7-4-5-8-24-19/h4-5,7-10,14,21H,11-12H2,1-2H3,(H,24,25,28). The number of ether oxygens (including phenoxy) is 1. The number of anilines is 1. The fraction of sp³-hybridized carbons (Fsp3) is 0.273. The summed E-state index contributed by atoms with van der Waals surface area (Å²) in [6.07, 6.45) is 1.42. The lowest BCUT2D eigenvalue weighted by Crippen LogP contribution is -2.37. The maximum Gasteiger partial charge on any atom is 0.229 e. The van der Waals surface area contributed by atoms with Gasteiger partial charge in [-0.05, 0) is 31.2 Å². The molecule has 1 aromatic carbocycles. The third kappa shape index (κ3) is 4.47. The van der Waals surface area contributed by atoms with E-state index in [4.69, 9.17) is 16.3 Å². The number of hydrogen-bond acceptors (Lipinski definition) is 5. The summed E-state index contributed by atoms with van der Waals surface area (Å²) >= 11 is 6.38. The molecule has 2 aromatic rings. The molecule has 1 amide bonds. The average molecular weight is 411 g/mol. The molecule has 3 rings (SSSR count). The molecule has 1 heterocycles. The van der Waals surface area contributed by atoms with Gasteiger partial charge in [0.15, 0.2) is 0 Å². The van der Waals surface area contributed by atoms with Gasteiger partial charge in [0.2, 0.25) is 5.91 Å². The lowest BCUT2D eigenvalue weighted by molar-refractivity contribution is -0.138. The smallest absolute Gasteiger partial charge is 0.229 e. The topological polar surface area (TPSA) is 85.4 Å².